The molecule has 0 amide bonds. The van der Waals surface area contributed by atoms with Crippen LogP contribution in [0.2, 0.25) is 0 Å². The summed E-state index contributed by atoms with van der Waals surface area (Å²) in [6, 6.07) is 0. The van der Waals surface area contributed by atoms with E-state index in [1.54, 1.807) is 0 Å². The molecular weight excluding hydrogens is 208 g/mol. The van der Waals surface area contributed by atoms with Crippen molar-refractivity contribution in [3.05, 3.63) is 11.3 Å². The second-order valence-corrected chi connectivity index (χ2v) is 3.96. The molecule has 0 saturated carbocycles. The molecule has 0 aromatic rings. The Morgan fingerprint density at radius 3 is 1.81 bits per heavy atom. The fourth-order valence-electron chi connectivity index (χ4n) is 1.80. The maximum atomic E-state index is 5.64. The maximum Gasteiger partial charge on any atom is 0.111 e. The van der Waals surface area contributed by atoms with Crippen LogP contribution in [0, 0.1) is 0 Å². The van der Waals surface area contributed by atoms with Crippen molar-refractivity contribution in [2.45, 2.75) is 19.3 Å². The Bertz CT molecular complexity index is 213. The Morgan fingerprint density at radius 1 is 0.562 bits per heavy atom. The van der Waals surface area contributed by atoms with Gasteiger partial charge in [0.25, 0.3) is 0 Å². The van der Waals surface area contributed by atoms with Gasteiger partial charge in [0.05, 0.1) is 45.4 Å². The van der Waals surface area contributed by atoms with Crippen LogP contribution in [0.4, 0.5) is 0 Å². The molecule has 1 aliphatic carbocycles. The second kappa shape index (κ2) is 6.89. The third-order valence-corrected chi connectivity index (χ3v) is 2.84. The van der Waals surface area contributed by atoms with E-state index in [1.807, 2.05) is 0 Å². The van der Waals surface area contributed by atoms with E-state index in [2.05, 4.69) is 0 Å². The molecule has 92 valence electrons. The summed E-state index contributed by atoms with van der Waals surface area (Å²) < 4.78 is 21.8. The van der Waals surface area contributed by atoms with E-state index in [-0.39, 0.29) is 0 Å². The Morgan fingerprint density at radius 2 is 1.19 bits per heavy atom. The quantitative estimate of drug-likeness (QED) is 0.629. The molecular formula is C12H20O4. The van der Waals surface area contributed by atoms with Gasteiger partial charge in [-0.25, -0.2) is 0 Å². The van der Waals surface area contributed by atoms with Crippen molar-refractivity contribution in [1.82, 2.24) is 0 Å². The fourth-order valence-corrected chi connectivity index (χ4v) is 1.80. The minimum absolute atomic E-state index is 0.634. The first-order valence-electron chi connectivity index (χ1n) is 6.04. The molecule has 0 saturated heterocycles. The van der Waals surface area contributed by atoms with Crippen molar-refractivity contribution in [1.29, 1.82) is 0 Å². The number of hydrogen-bond donors (Lipinski definition) is 0. The van der Waals surface area contributed by atoms with E-state index in [0.717, 1.165) is 25.9 Å². The molecule has 4 nitrogen and oxygen atoms in total. The van der Waals surface area contributed by atoms with E-state index in [4.69, 9.17) is 18.9 Å². The Kier molecular flexibility index (Phi) is 5.12. The van der Waals surface area contributed by atoms with E-state index in [1.165, 1.54) is 11.3 Å². The van der Waals surface area contributed by atoms with Crippen LogP contribution in [0.15, 0.2) is 11.3 Å². The van der Waals surface area contributed by atoms with Gasteiger partial charge < -0.3 is 18.9 Å². The SMILES string of the molecule is C1COCCOC2=C(CCOCCO1)CC2. The zero-order valence-corrected chi connectivity index (χ0v) is 9.70. The fraction of sp³-hybridized carbons (Fsp3) is 0.833. The summed E-state index contributed by atoms with van der Waals surface area (Å²) in [6.07, 6.45) is 3.24. The third kappa shape index (κ3) is 3.77. The summed E-state index contributed by atoms with van der Waals surface area (Å²) in [5.41, 5.74) is 1.41. The molecule has 1 aliphatic heterocycles. The molecule has 1 heterocycles. The summed E-state index contributed by atoms with van der Waals surface area (Å²) in [6.45, 7) is 4.68. The monoisotopic (exact) mass is 228 g/mol. The molecule has 2 aliphatic rings. The van der Waals surface area contributed by atoms with Crippen molar-refractivity contribution >= 4 is 0 Å². The molecule has 0 atom stereocenters. The van der Waals surface area contributed by atoms with Gasteiger partial charge in [0.1, 0.15) is 6.61 Å². The topological polar surface area (TPSA) is 36.9 Å². The highest BCUT2D eigenvalue weighted by molar-refractivity contribution is 5.19. The van der Waals surface area contributed by atoms with E-state index >= 15 is 0 Å². The van der Waals surface area contributed by atoms with Gasteiger partial charge in [0.2, 0.25) is 0 Å². The largest absolute Gasteiger partial charge is 0.496 e. The predicted molar refractivity (Wildman–Crippen MR) is 59.3 cm³/mol. The number of ether oxygens (including phenoxy) is 4. The van der Waals surface area contributed by atoms with Crippen LogP contribution in [-0.2, 0) is 18.9 Å². The van der Waals surface area contributed by atoms with Gasteiger partial charge in [0.15, 0.2) is 0 Å². The predicted octanol–water partition coefficient (Wildman–Crippen LogP) is 1.50. The van der Waals surface area contributed by atoms with Crippen LogP contribution in [0.3, 0.4) is 0 Å². The average molecular weight is 228 g/mol. The van der Waals surface area contributed by atoms with Crippen LogP contribution in [0.25, 0.3) is 0 Å². The van der Waals surface area contributed by atoms with E-state index in [0.29, 0.717) is 39.6 Å². The van der Waals surface area contributed by atoms with Crippen LogP contribution in [0.5, 0.6) is 0 Å². The van der Waals surface area contributed by atoms with Crippen molar-refractivity contribution in [3.8, 4) is 0 Å². The van der Waals surface area contributed by atoms with Crippen molar-refractivity contribution in [3.63, 3.8) is 0 Å². The smallest absolute Gasteiger partial charge is 0.111 e. The first kappa shape index (κ1) is 11.9. The van der Waals surface area contributed by atoms with Gasteiger partial charge in [-0.2, -0.15) is 0 Å². The molecule has 4 heteroatoms. The van der Waals surface area contributed by atoms with Gasteiger partial charge in [-0.15, -0.1) is 0 Å². The molecule has 0 N–H and O–H groups in total. The summed E-state index contributed by atoms with van der Waals surface area (Å²) in [7, 11) is 0. The molecule has 0 aromatic heterocycles. The molecule has 0 radical (unpaired) electrons. The lowest BCUT2D eigenvalue weighted by Gasteiger charge is -2.24. The Balaban J connectivity index is 1.74. The van der Waals surface area contributed by atoms with Crippen molar-refractivity contribution in [2.24, 2.45) is 0 Å². The van der Waals surface area contributed by atoms with Gasteiger partial charge >= 0.3 is 0 Å². The zero-order valence-electron chi connectivity index (χ0n) is 9.70. The van der Waals surface area contributed by atoms with E-state index in [9.17, 15) is 0 Å². The van der Waals surface area contributed by atoms with Crippen LogP contribution < -0.4 is 0 Å². The van der Waals surface area contributed by atoms with Crippen LogP contribution in [-0.4, -0.2) is 46.2 Å². The Labute approximate surface area is 96.5 Å². The van der Waals surface area contributed by atoms with Crippen molar-refractivity contribution < 1.29 is 18.9 Å². The second-order valence-electron chi connectivity index (χ2n) is 3.96. The van der Waals surface area contributed by atoms with E-state index < -0.39 is 0 Å². The number of rotatable bonds is 0. The van der Waals surface area contributed by atoms with Crippen LogP contribution >= 0.6 is 0 Å². The van der Waals surface area contributed by atoms with Crippen LogP contribution in [0.1, 0.15) is 19.3 Å². The highest BCUT2D eigenvalue weighted by Gasteiger charge is 2.18. The highest BCUT2D eigenvalue weighted by Crippen LogP contribution is 2.30. The molecule has 0 fully saturated rings. The molecule has 16 heavy (non-hydrogen) atoms. The summed E-state index contributed by atoms with van der Waals surface area (Å²) in [4.78, 5) is 0. The average Bonchev–Trinajstić information content (AvgIpc) is 2.27. The highest BCUT2D eigenvalue weighted by atomic mass is 16.6. The number of allylic oxidation sites excluding steroid dienone is 1. The Hall–Kier alpha value is -0.580. The summed E-state index contributed by atoms with van der Waals surface area (Å²) in [5, 5.41) is 0. The summed E-state index contributed by atoms with van der Waals surface area (Å²) in [5.74, 6) is 1.17. The van der Waals surface area contributed by atoms with Gasteiger partial charge in [-0.1, -0.05) is 0 Å². The van der Waals surface area contributed by atoms with Gasteiger partial charge in [-0.05, 0) is 18.4 Å². The lowest BCUT2D eigenvalue weighted by molar-refractivity contribution is 0.000164. The third-order valence-electron chi connectivity index (χ3n) is 2.84. The molecule has 0 bridgehead atoms. The number of hydrogen-bond acceptors (Lipinski definition) is 4. The first-order chi connectivity index (χ1) is 7.97. The molecule has 0 aromatic carbocycles. The molecule has 0 unspecified atom stereocenters. The van der Waals surface area contributed by atoms with Crippen molar-refractivity contribution in [2.75, 3.05) is 46.2 Å². The lowest BCUT2D eigenvalue weighted by Crippen LogP contribution is -2.16. The minimum Gasteiger partial charge on any atom is -0.496 e. The summed E-state index contributed by atoms with van der Waals surface area (Å²) >= 11 is 0. The van der Waals surface area contributed by atoms with Gasteiger partial charge in [-0.3, -0.25) is 0 Å². The molecule has 0 spiro atoms. The zero-order chi connectivity index (χ0) is 11.1. The van der Waals surface area contributed by atoms with Gasteiger partial charge in [0, 0.05) is 6.42 Å². The first-order valence-corrected chi connectivity index (χ1v) is 6.04. The molecule has 2 rings (SSSR count). The normalized spacial score (nSPS) is 25.0. The minimum atomic E-state index is 0.634. The lowest BCUT2D eigenvalue weighted by atomic mass is 9.94. The maximum absolute atomic E-state index is 5.64. The standard InChI is InChI=1S/C12H20O4/c1-2-12-11(1)3-4-13-5-6-14-7-8-15-9-10-16-12/h1-10H2.